The summed E-state index contributed by atoms with van der Waals surface area (Å²) in [6.45, 7) is 4.27. The van der Waals surface area contributed by atoms with Crippen LogP contribution in [0.1, 0.15) is 72.9 Å². The zero-order valence-corrected chi connectivity index (χ0v) is 39.8. The second-order valence-electron chi connectivity index (χ2n) is 17.1. The van der Waals surface area contributed by atoms with Crippen LogP contribution in [0.25, 0.3) is 44.6 Å². The number of hydrogen-bond acceptors (Lipinski definition) is 18. The van der Waals surface area contributed by atoms with Gasteiger partial charge in [-0.25, -0.2) is 24.5 Å². The number of aliphatic hydroxyl groups is 2. The number of nitrogen functional groups attached to an aromatic ring is 1. The molecule has 3 aliphatic rings. The Balaban J connectivity index is 0.857. The largest absolute Gasteiger partial charge is 0.508 e. The summed E-state index contributed by atoms with van der Waals surface area (Å²) in [6, 6.07) is 11.6. The van der Waals surface area contributed by atoms with E-state index < -0.39 is 65.1 Å². The Hall–Kier alpha value is -6.64. The molecule has 2 aliphatic heterocycles. The number of hydrogen-bond donors (Lipinski definition) is 8. The number of aromatic carboxylic acids is 1. The molecule has 2 aromatic heterocycles. The highest BCUT2D eigenvalue weighted by atomic mass is 32.2. The predicted molar refractivity (Wildman–Crippen MR) is 257 cm³/mol. The maximum atomic E-state index is 13.7. The van der Waals surface area contributed by atoms with Crippen molar-refractivity contribution in [2.45, 2.75) is 76.5 Å². The fourth-order valence-electron chi connectivity index (χ4n) is 8.18. The van der Waals surface area contributed by atoms with Crippen LogP contribution in [0, 0.1) is 5.92 Å². The molecule has 24 heteroatoms. The highest BCUT2D eigenvalue weighted by molar-refractivity contribution is 7.87. The number of carbonyl (C=O) groups is 3. The number of phenolic OH excluding ortho intramolecular Hbond substituents is 1. The monoisotopic (exact) mass is 1000 g/mol. The van der Waals surface area contributed by atoms with Gasteiger partial charge in [-0.1, -0.05) is 33.1 Å². The van der Waals surface area contributed by atoms with E-state index in [2.05, 4.69) is 25.0 Å². The molecule has 2 aromatic carbocycles. The van der Waals surface area contributed by atoms with Gasteiger partial charge in [0, 0.05) is 60.5 Å². The average Bonchev–Trinajstić information content (AvgIpc) is 3.90. The Bertz CT molecular complexity index is 3000. The third-order valence-electron chi connectivity index (χ3n) is 12.3. The molecule has 1 aliphatic carbocycles. The average molecular weight is 1000 g/mol. The summed E-state index contributed by atoms with van der Waals surface area (Å²) in [5, 5.41) is 45.5. The van der Waals surface area contributed by atoms with Gasteiger partial charge < -0.3 is 55.8 Å². The Labute approximate surface area is 407 Å². The topological polar surface area (TPSA) is 347 Å². The molecule has 4 aromatic rings. The molecular weight excluding hydrogens is 947 g/mol. The number of ether oxygens (including phenoxy) is 3. The molecule has 6 atom stereocenters. The van der Waals surface area contributed by atoms with Crippen molar-refractivity contribution in [3.8, 4) is 28.2 Å². The number of carbonyl (C=O) groups excluding carboxylic acids is 2. The van der Waals surface area contributed by atoms with Crippen molar-refractivity contribution in [3.63, 3.8) is 0 Å². The molecule has 0 bridgehead atoms. The quantitative estimate of drug-likeness (QED) is 0.0319. The molecule has 2 amide bonds. The minimum atomic E-state index is -4.49. The molecule has 1 unspecified atom stereocenters. The second-order valence-corrected chi connectivity index (χ2v) is 18.8. The van der Waals surface area contributed by atoms with Gasteiger partial charge in [0.15, 0.2) is 23.1 Å². The van der Waals surface area contributed by atoms with Gasteiger partial charge in [0.25, 0.3) is 11.8 Å². The van der Waals surface area contributed by atoms with Gasteiger partial charge >= 0.3 is 16.2 Å². The number of carboxylic acid groups (broad SMARTS) is 1. The molecule has 1 saturated heterocycles. The van der Waals surface area contributed by atoms with E-state index in [1.165, 1.54) is 65.8 Å². The molecule has 71 heavy (non-hydrogen) atoms. The predicted octanol–water partition coefficient (Wildman–Crippen LogP) is 2.37. The van der Waals surface area contributed by atoms with Crippen molar-refractivity contribution in [2.75, 3.05) is 51.8 Å². The summed E-state index contributed by atoms with van der Waals surface area (Å²) in [5.41, 5.74) is 13.5. The number of benzene rings is 3. The maximum Gasteiger partial charge on any atom is 0.336 e. The highest BCUT2D eigenvalue weighted by Gasteiger charge is 2.46. The molecule has 380 valence electrons. The number of nitrogens with one attached hydrogen (secondary N) is 2. The SMILES string of the molecule is CCC(C)[C@H](N)C(=O)NS(=O)(=O)N(CCCCCCOCCOCCNC(=O)c1ccc(C(=O)O)c(-c2c3ccc(=O)cc-3oc3cc(O)ccc23)c1)C[C@H]1O[C@@H](n2cnc3c(N)ncnc32)[C@H](O)[C@@H]1O. The lowest BCUT2D eigenvalue weighted by Crippen LogP contribution is -2.53. The van der Waals surface area contributed by atoms with Crippen LogP contribution >= 0.6 is 0 Å². The number of phenols is 1. The van der Waals surface area contributed by atoms with Crippen LogP contribution in [0.2, 0.25) is 0 Å². The summed E-state index contributed by atoms with van der Waals surface area (Å²) in [6.07, 6.45) is -0.0967. The van der Waals surface area contributed by atoms with Crippen molar-refractivity contribution in [2.24, 2.45) is 11.7 Å². The van der Waals surface area contributed by atoms with E-state index in [-0.39, 0.29) is 95.0 Å². The lowest BCUT2D eigenvalue weighted by Gasteiger charge is -2.27. The number of aromatic hydroxyl groups is 1. The van der Waals surface area contributed by atoms with Gasteiger partial charge in [-0.05, 0) is 66.8 Å². The van der Waals surface area contributed by atoms with Gasteiger partial charge in [-0.15, -0.1) is 0 Å². The molecule has 10 N–H and O–H groups in total. The van der Waals surface area contributed by atoms with Gasteiger partial charge in [-0.3, -0.25) is 19.0 Å². The van der Waals surface area contributed by atoms with Crippen LogP contribution in [-0.4, -0.2) is 141 Å². The standard InChI is InChI=1S/C47H57N9O14S/c1-3-26(2)38(48)45(62)54-71(65,66)55(23-36-40(59)41(60)46(70-36)56-25-53-39-42(49)51-24-52-43(39)56)15-6-4-5-7-16-67-18-19-68-17-14-50-44(61)27-8-11-30(47(63)64)33(20-27)37-31-12-9-28(57)21-34(31)69-35-22-29(58)10-13-32(35)37/h8-13,20-22,24-26,36,38,40-41,46,57,59-60H,3-7,14-19,23,48H2,1-2H3,(H,50,61)(H,54,62)(H,63,64)(H2,49,51,52)/t26?,36-,38+,40-,41-,46-/m1/s1. The molecule has 1 fully saturated rings. The van der Waals surface area contributed by atoms with Crippen LogP contribution in [0.4, 0.5) is 5.82 Å². The Morgan fingerprint density at radius 1 is 0.930 bits per heavy atom. The Kier molecular flexibility index (Phi) is 17.0. The minimum absolute atomic E-state index is 0.0549. The van der Waals surface area contributed by atoms with Crippen LogP contribution in [0.3, 0.4) is 0 Å². The third-order valence-corrected chi connectivity index (χ3v) is 13.8. The minimum Gasteiger partial charge on any atom is -0.508 e. The van der Waals surface area contributed by atoms with E-state index in [0.29, 0.717) is 55.2 Å². The molecule has 0 radical (unpaired) electrons. The first-order chi connectivity index (χ1) is 34.0. The zero-order chi connectivity index (χ0) is 51.0. The first-order valence-corrected chi connectivity index (χ1v) is 24.5. The smallest absolute Gasteiger partial charge is 0.336 e. The Morgan fingerprint density at radius 3 is 2.45 bits per heavy atom. The number of fused-ring (bicyclic) bond motifs is 3. The normalized spacial score (nSPS) is 18.1. The summed E-state index contributed by atoms with van der Waals surface area (Å²) < 4.78 is 55.0. The zero-order valence-electron chi connectivity index (χ0n) is 39.0. The van der Waals surface area contributed by atoms with Crippen LogP contribution in [0.15, 0.2) is 76.5 Å². The van der Waals surface area contributed by atoms with Gasteiger partial charge in [-0.2, -0.15) is 12.7 Å². The molecule has 4 heterocycles. The molecular formula is C47H57N9O14S. The van der Waals surface area contributed by atoms with Gasteiger partial charge in [0.2, 0.25) is 0 Å². The first-order valence-electron chi connectivity index (χ1n) is 23.0. The van der Waals surface area contributed by atoms with Crippen molar-refractivity contribution in [1.82, 2.24) is 33.9 Å². The van der Waals surface area contributed by atoms with Crippen LogP contribution in [-0.2, 0) is 29.2 Å². The maximum absolute atomic E-state index is 13.7. The number of nitrogens with two attached hydrogens (primary N) is 2. The van der Waals surface area contributed by atoms with Gasteiger partial charge in [0.1, 0.15) is 47.2 Å². The summed E-state index contributed by atoms with van der Waals surface area (Å²) in [5.74, 6) is -2.71. The summed E-state index contributed by atoms with van der Waals surface area (Å²) in [7, 11) is -4.49. The van der Waals surface area contributed by atoms with E-state index in [9.17, 15) is 48.0 Å². The van der Waals surface area contributed by atoms with Crippen molar-refractivity contribution >= 4 is 55.9 Å². The molecule has 0 saturated carbocycles. The Morgan fingerprint density at radius 2 is 1.69 bits per heavy atom. The fraction of sp³-hybridized carbons (Fsp3) is 0.426. The number of imidazole rings is 1. The van der Waals surface area contributed by atoms with Crippen molar-refractivity contribution < 1.29 is 61.9 Å². The number of aliphatic hydroxyl groups excluding tert-OH is 2. The fourth-order valence-corrected chi connectivity index (χ4v) is 9.42. The third kappa shape index (κ3) is 12.1. The van der Waals surface area contributed by atoms with E-state index in [4.69, 9.17) is 30.1 Å². The molecule has 23 nitrogen and oxygen atoms in total. The summed E-state index contributed by atoms with van der Waals surface area (Å²) >= 11 is 0. The number of amides is 2. The number of anilines is 1. The number of nitrogens with zero attached hydrogens (tertiary/aromatic N) is 5. The number of carboxylic acids is 1. The van der Waals surface area contributed by atoms with Crippen LogP contribution in [0.5, 0.6) is 5.75 Å². The van der Waals surface area contributed by atoms with E-state index in [0.717, 1.165) is 4.31 Å². The number of aromatic nitrogens is 4. The second kappa shape index (κ2) is 23.1. The molecule has 7 rings (SSSR count). The van der Waals surface area contributed by atoms with E-state index in [1.807, 2.05) is 6.92 Å². The number of unbranched alkanes of at least 4 members (excludes halogenated alkanes) is 3. The van der Waals surface area contributed by atoms with Crippen molar-refractivity contribution in [1.29, 1.82) is 0 Å². The molecule has 0 spiro atoms. The van der Waals surface area contributed by atoms with Gasteiger partial charge in [0.05, 0.1) is 37.8 Å². The lowest BCUT2D eigenvalue weighted by atomic mass is 9.89. The first kappa shape index (κ1) is 52.2. The van der Waals surface area contributed by atoms with E-state index in [1.54, 1.807) is 13.0 Å². The highest BCUT2D eigenvalue weighted by Crippen LogP contribution is 2.42. The number of rotatable bonds is 24. The van der Waals surface area contributed by atoms with Crippen molar-refractivity contribution in [3.05, 3.63) is 88.6 Å². The summed E-state index contributed by atoms with van der Waals surface area (Å²) in [4.78, 5) is 63.0. The van der Waals surface area contributed by atoms with Crippen LogP contribution < -0.4 is 26.9 Å². The lowest BCUT2D eigenvalue weighted by molar-refractivity contribution is -0.121. The van der Waals surface area contributed by atoms with E-state index >= 15 is 0 Å².